The molecule has 0 saturated carbocycles. The summed E-state index contributed by atoms with van der Waals surface area (Å²) >= 11 is 0. The summed E-state index contributed by atoms with van der Waals surface area (Å²) in [7, 11) is 4.92. The molecule has 3 rings (SSSR count). The molecular weight excluding hydrogens is 384 g/mol. The van der Waals surface area contributed by atoms with Crippen LogP contribution in [0.3, 0.4) is 0 Å². The van der Waals surface area contributed by atoms with Gasteiger partial charge in [-0.25, -0.2) is 0 Å². The summed E-state index contributed by atoms with van der Waals surface area (Å²) < 4.78 is 21.9. The number of nitrogens with one attached hydrogen (secondary N) is 1. The molecule has 0 spiro atoms. The van der Waals surface area contributed by atoms with Gasteiger partial charge >= 0.3 is 0 Å². The van der Waals surface area contributed by atoms with E-state index in [9.17, 15) is 4.79 Å². The van der Waals surface area contributed by atoms with Crippen LogP contribution in [0.2, 0.25) is 0 Å². The summed E-state index contributed by atoms with van der Waals surface area (Å²) in [5.74, 6) is 2.93. The van der Waals surface area contributed by atoms with Gasteiger partial charge in [0.25, 0.3) is 0 Å². The molecule has 1 fully saturated rings. The first-order chi connectivity index (χ1) is 14.7. The Balaban J connectivity index is 1.52. The van der Waals surface area contributed by atoms with E-state index in [2.05, 4.69) is 10.2 Å². The minimum absolute atomic E-state index is 0.0209. The lowest BCUT2D eigenvalue weighted by atomic mass is 10.0. The maximum Gasteiger partial charge on any atom is 0.234 e. The lowest BCUT2D eigenvalue weighted by Crippen LogP contribution is -2.38. The van der Waals surface area contributed by atoms with Crippen LogP contribution in [-0.2, 0) is 4.79 Å². The lowest BCUT2D eigenvalue weighted by Gasteiger charge is -2.26. The SMILES string of the molecule is COc1ccc(OC)c([C@@H]2CCCN2CC(=O)NCCOc2ccccc2OC)c1. The Labute approximate surface area is 177 Å². The first-order valence-corrected chi connectivity index (χ1v) is 10.1. The fraction of sp³-hybridized carbons (Fsp3) is 0.435. The van der Waals surface area contributed by atoms with Crippen molar-refractivity contribution in [1.82, 2.24) is 10.2 Å². The number of para-hydroxylation sites is 2. The molecule has 1 heterocycles. The van der Waals surface area contributed by atoms with Gasteiger partial charge in [0.15, 0.2) is 11.5 Å². The number of nitrogens with zero attached hydrogens (tertiary/aromatic N) is 1. The van der Waals surface area contributed by atoms with Crippen molar-refractivity contribution < 1.29 is 23.7 Å². The molecule has 1 atom stereocenters. The summed E-state index contributed by atoms with van der Waals surface area (Å²) in [6, 6.07) is 13.4. The van der Waals surface area contributed by atoms with Gasteiger partial charge in [0.05, 0.1) is 34.4 Å². The topological polar surface area (TPSA) is 69.3 Å². The van der Waals surface area contributed by atoms with Gasteiger partial charge in [-0.2, -0.15) is 0 Å². The number of hydrogen-bond donors (Lipinski definition) is 1. The van der Waals surface area contributed by atoms with Gasteiger partial charge in [-0.3, -0.25) is 9.69 Å². The third-order valence-corrected chi connectivity index (χ3v) is 5.26. The second kappa shape index (κ2) is 10.7. The van der Waals surface area contributed by atoms with E-state index < -0.39 is 0 Å². The van der Waals surface area contributed by atoms with Crippen molar-refractivity contribution >= 4 is 5.91 Å². The Morgan fingerprint density at radius 1 is 1.03 bits per heavy atom. The molecule has 0 aliphatic carbocycles. The maximum absolute atomic E-state index is 12.5. The highest BCUT2D eigenvalue weighted by Gasteiger charge is 2.30. The standard InChI is InChI=1S/C23H30N2O5/c1-27-17-10-11-20(28-2)18(15-17)19-7-6-13-25(19)16-23(26)24-12-14-30-22-9-5-4-8-21(22)29-3/h4-5,8-11,15,19H,6-7,12-14,16H2,1-3H3,(H,24,26)/t19-/m0/s1. The van der Waals surface area contributed by atoms with Crippen molar-refractivity contribution in [2.45, 2.75) is 18.9 Å². The zero-order chi connectivity index (χ0) is 21.3. The normalized spacial score (nSPS) is 16.2. The van der Waals surface area contributed by atoms with E-state index in [-0.39, 0.29) is 11.9 Å². The number of ether oxygens (including phenoxy) is 4. The minimum Gasteiger partial charge on any atom is -0.497 e. The fourth-order valence-electron chi connectivity index (χ4n) is 3.80. The molecule has 0 unspecified atom stereocenters. The number of benzene rings is 2. The predicted molar refractivity (Wildman–Crippen MR) is 115 cm³/mol. The second-order valence-electron chi connectivity index (χ2n) is 7.09. The third kappa shape index (κ3) is 5.36. The minimum atomic E-state index is -0.0209. The van der Waals surface area contributed by atoms with Crippen LogP contribution < -0.4 is 24.3 Å². The zero-order valence-corrected chi connectivity index (χ0v) is 17.8. The monoisotopic (exact) mass is 414 g/mol. The van der Waals surface area contributed by atoms with Gasteiger partial charge in [-0.05, 0) is 49.7 Å². The van der Waals surface area contributed by atoms with Crippen LogP contribution in [0.25, 0.3) is 0 Å². The van der Waals surface area contributed by atoms with E-state index in [4.69, 9.17) is 18.9 Å². The number of methoxy groups -OCH3 is 3. The molecule has 1 amide bonds. The first-order valence-electron chi connectivity index (χ1n) is 10.1. The van der Waals surface area contributed by atoms with Crippen LogP contribution in [0.5, 0.6) is 23.0 Å². The van der Waals surface area contributed by atoms with Gasteiger partial charge in [0, 0.05) is 11.6 Å². The van der Waals surface area contributed by atoms with E-state index in [0.717, 1.165) is 36.4 Å². The summed E-state index contributed by atoms with van der Waals surface area (Å²) in [6.45, 7) is 2.01. The van der Waals surface area contributed by atoms with Gasteiger partial charge in [0.1, 0.15) is 18.1 Å². The predicted octanol–water partition coefficient (Wildman–Crippen LogP) is 3.04. The summed E-state index contributed by atoms with van der Waals surface area (Å²) in [5.41, 5.74) is 1.06. The Morgan fingerprint density at radius 3 is 2.53 bits per heavy atom. The maximum atomic E-state index is 12.5. The number of amides is 1. The lowest BCUT2D eigenvalue weighted by molar-refractivity contribution is -0.122. The third-order valence-electron chi connectivity index (χ3n) is 5.26. The van der Waals surface area contributed by atoms with Crippen LogP contribution in [0.1, 0.15) is 24.4 Å². The average Bonchev–Trinajstić information content (AvgIpc) is 3.24. The smallest absolute Gasteiger partial charge is 0.234 e. The van der Waals surface area contributed by atoms with Gasteiger partial charge < -0.3 is 24.3 Å². The molecule has 7 heteroatoms. The second-order valence-corrected chi connectivity index (χ2v) is 7.09. The Kier molecular flexibility index (Phi) is 7.79. The summed E-state index contributed by atoms with van der Waals surface area (Å²) in [4.78, 5) is 14.7. The van der Waals surface area contributed by atoms with Crippen LogP contribution in [0.15, 0.2) is 42.5 Å². The van der Waals surface area contributed by atoms with Crippen LogP contribution in [-0.4, -0.2) is 58.4 Å². The largest absolute Gasteiger partial charge is 0.497 e. The van der Waals surface area contributed by atoms with E-state index in [0.29, 0.717) is 31.2 Å². The molecule has 30 heavy (non-hydrogen) atoms. The van der Waals surface area contributed by atoms with Crippen molar-refractivity contribution in [1.29, 1.82) is 0 Å². The number of carbonyl (C=O) groups is 1. The number of likely N-dealkylation sites (tertiary alicyclic amines) is 1. The molecule has 1 aliphatic heterocycles. The molecule has 0 bridgehead atoms. The Hall–Kier alpha value is -2.93. The molecule has 1 saturated heterocycles. The molecule has 162 valence electrons. The molecule has 7 nitrogen and oxygen atoms in total. The fourth-order valence-corrected chi connectivity index (χ4v) is 3.80. The Morgan fingerprint density at radius 2 is 1.80 bits per heavy atom. The van der Waals surface area contributed by atoms with Crippen LogP contribution in [0, 0.1) is 0 Å². The highest BCUT2D eigenvalue weighted by molar-refractivity contribution is 5.78. The van der Waals surface area contributed by atoms with E-state index in [1.165, 1.54) is 0 Å². The zero-order valence-electron chi connectivity index (χ0n) is 17.8. The van der Waals surface area contributed by atoms with Gasteiger partial charge in [-0.15, -0.1) is 0 Å². The summed E-state index contributed by atoms with van der Waals surface area (Å²) in [5, 5.41) is 2.94. The van der Waals surface area contributed by atoms with Crippen LogP contribution in [0.4, 0.5) is 0 Å². The molecule has 0 radical (unpaired) electrons. The van der Waals surface area contributed by atoms with E-state index in [1.54, 1.807) is 21.3 Å². The van der Waals surface area contributed by atoms with Crippen molar-refractivity contribution in [2.24, 2.45) is 0 Å². The van der Waals surface area contributed by atoms with Gasteiger partial charge in [0.2, 0.25) is 5.91 Å². The van der Waals surface area contributed by atoms with Crippen LogP contribution >= 0.6 is 0 Å². The van der Waals surface area contributed by atoms with Gasteiger partial charge in [-0.1, -0.05) is 12.1 Å². The molecule has 2 aromatic rings. The highest BCUT2D eigenvalue weighted by Crippen LogP contribution is 2.38. The molecular formula is C23H30N2O5. The number of carbonyl (C=O) groups excluding carboxylic acids is 1. The summed E-state index contributed by atoms with van der Waals surface area (Å²) in [6.07, 6.45) is 2.02. The van der Waals surface area contributed by atoms with Crippen molar-refractivity contribution in [3.63, 3.8) is 0 Å². The molecule has 2 aromatic carbocycles. The van der Waals surface area contributed by atoms with E-state index in [1.807, 2.05) is 42.5 Å². The van der Waals surface area contributed by atoms with Crippen molar-refractivity contribution in [3.05, 3.63) is 48.0 Å². The quantitative estimate of drug-likeness (QED) is 0.603. The van der Waals surface area contributed by atoms with Crippen molar-refractivity contribution in [2.75, 3.05) is 47.6 Å². The van der Waals surface area contributed by atoms with E-state index >= 15 is 0 Å². The number of hydrogen-bond acceptors (Lipinski definition) is 6. The average molecular weight is 415 g/mol. The number of rotatable bonds is 10. The Bertz CT molecular complexity index is 842. The molecule has 1 aliphatic rings. The molecule has 1 N–H and O–H groups in total. The highest BCUT2D eigenvalue weighted by atomic mass is 16.5. The first kappa shape index (κ1) is 21.8. The van der Waals surface area contributed by atoms with Crippen molar-refractivity contribution in [3.8, 4) is 23.0 Å². The molecule has 0 aromatic heterocycles.